The molecule has 0 aliphatic rings. The van der Waals surface area contributed by atoms with Crippen molar-refractivity contribution in [3.63, 3.8) is 0 Å². The molecule has 1 aromatic carbocycles. The number of guanidine groups is 1. The Morgan fingerprint density at radius 1 is 1.09 bits per heavy atom. The zero-order valence-electron chi connectivity index (χ0n) is 13.3. The summed E-state index contributed by atoms with van der Waals surface area (Å²) >= 11 is 0. The van der Waals surface area contributed by atoms with Crippen LogP contribution in [0.1, 0.15) is 12.0 Å². The molecule has 0 atom stereocenters. The maximum absolute atomic E-state index is 5.67. The molecule has 22 heavy (non-hydrogen) atoms. The van der Waals surface area contributed by atoms with Gasteiger partial charge in [-0.3, -0.25) is 4.99 Å². The number of ether oxygens (including phenoxy) is 3. The van der Waals surface area contributed by atoms with Crippen LogP contribution >= 0.6 is 0 Å². The Bertz CT molecular complexity index is 399. The Hall–Kier alpha value is -1.63. The molecule has 0 unspecified atom stereocenters. The Balaban J connectivity index is 1.88. The first-order chi connectivity index (χ1) is 10.8. The van der Waals surface area contributed by atoms with E-state index in [1.54, 1.807) is 7.11 Å². The van der Waals surface area contributed by atoms with Crippen LogP contribution in [0.2, 0.25) is 0 Å². The van der Waals surface area contributed by atoms with E-state index in [4.69, 9.17) is 19.9 Å². The molecule has 0 saturated heterocycles. The van der Waals surface area contributed by atoms with E-state index in [1.165, 1.54) is 5.56 Å². The summed E-state index contributed by atoms with van der Waals surface area (Å²) in [5, 5.41) is 2.96. The van der Waals surface area contributed by atoms with Crippen LogP contribution < -0.4 is 11.1 Å². The third kappa shape index (κ3) is 10.1. The van der Waals surface area contributed by atoms with Gasteiger partial charge in [0.2, 0.25) is 0 Å². The number of hydrogen-bond acceptors (Lipinski definition) is 4. The minimum absolute atomic E-state index is 0.447. The second-order valence-corrected chi connectivity index (χ2v) is 4.69. The Kier molecular flexibility index (Phi) is 10.9. The maximum atomic E-state index is 5.67. The number of aliphatic imine (C=N–C) groups is 1. The van der Waals surface area contributed by atoms with Crippen molar-refractivity contribution in [3.8, 4) is 0 Å². The molecule has 0 bridgehead atoms. The summed E-state index contributed by atoms with van der Waals surface area (Å²) in [4.78, 5) is 4.19. The highest BCUT2D eigenvalue weighted by atomic mass is 16.5. The van der Waals surface area contributed by atoms with Gasteiger partial charge in [0.15, 0.2) is 5.96 Å². The number of rotatable bonds is 12. The van der Waals surface area contributed by atoms with E-state index >= 15 is 0 Å². The molecule has 0 amide bonds. The van der Waals surface area contributed by atoms with Crippen molar-refractivity contribution in [2.24, 2.45) is 10.7 Å². The lowest BCUT2D eigenvalue weighted by Crippen LogP contribution is -2.34. The van der Waals surface area contributed by atoms with Crippen LogP contribution in [-0.2, 0) is 20.8 Å². The minimum Gasteiger partial charge on any atom is -0.383 e. The number of nitrogens with zero attached hydrogens (tertiary/aromatic N) is 1. The van der Waals surface area contributed by atoms with Gasteiger partial charge in [-0.15, -0.1) is 0 Å². The third-order valence-electron chi connectivity index (χ3n) is 2.82. The van der Waals surface area contributed by atoms with Crippen molar-refractivity contribution in [2.45, 2.75) is 13.0 Å². The van der Waals surface area contributed by atoms with Crippen LogP contribution in [-0.4, -0.2) is 52.6 Å². The van der Waals surface area contributed by atoms with E-state index in [2.05, 4.69) is 10.3 Å². The maximum Gasteiger partial charge on any atom is 0.188 e. The lowest BCUT2D eigenvalue weighted by molar-refractivity contribution is 0.0403. The van der Waals surface area contributed by atoms with E-state index < -0.39 is 0 Å². The Morgan fingerprint density at radius 2 is 1.86 bits per heavy atom. The van der Waals surface area contributed by atoms with Crippen molar-refractivity contribution in [1.29, 1.82) is 0 Å². The fourth-order valence-electron chi connectivity index (χ4n) is 1.69. The first-order valence-corrected chi connectivity index (χ1v) is 7.55. The van der Waals surface area contributed by atoms with Gasteiger partial charge in [-0.2, -0.15) is 0 Å². The van der Waals surface area contributed by atoms with E-state index in [1.807, 2.05) is 30.3 Å². The van der Waals surface area contributed by atoms with Crippen LogP contribution in [0.25, 0.3) is 0 Å². The summed E-state index contributed by atoms with van der Waals surface area (Å²) in [5.41, 5.74) is 6.85. The average molecular weight is 309 g/mol. The average Bonchev–Trinajstić information content (AvgIpc) is 2.54. The van der Waals surface area contributed by atoms with Gasteiger partial charge in [-0.25, -0.2) is 0 Å². The number of nitrogens with one attached hydrogen (secondary N) is 1. The first kappa shape index (κ1) is 18.4. The SMILES string of the molecule is COCCNC(N)=NCCCOCCOCc1ccccc1. The summed E-state index contributed by atoms with van der Waals surface area (Å²) < 4.78 is 15.9. The van der Waals surface area contributed by atoms with E-state index in [9.17, 15) is 0 Å². The van der Waals surface area contributed by atoms with Crippen LogP contribution in [0, 0.1) is 0 Å². The minimum atomic E-state index is 0.447. The van der Waals surface area contributed by atoms with Gasteiger partial charge in [-0.1, -0.05) is 30.3 Å². The summed E-state index contributed by atoms with van der Waals surface area (Å²) in [6, 6.07) is 10.1. The van der Waals surface area contributed by atoms with E-state index in [0.29, 0.717) is 52.1 Å². The van der Waals surface area contributed by atoms with Gasteiger partial charge in [0.05, 0.1) is 26.4 Å². The van der Waals surface area contributed by atoms with Gasteiger partial charge in [0.25, 0.3) is 0 Å². The van der Waals surface area contributed by atoms with E-state index in [0.717, 1.165) is 6.42 Å². The highest BCUT2D eigenvalue weighted by Gasteiger charge is 1.94. The highest BCUT2D eigenvalue weighted by molar-refractivity contribution is 5.77. The summed E-state index contributed by atoms with van der Waals surface area (Å²) in [6.45, 7) is 4.40. The molecule has 124 valence electrons. The summed E-state index contributed by atoms with van der Waals surface area (Å²) in [5.74, 6) is 0.447. The monoisotopic (exact) mass is 309 g/mol. The van der Waals surface area contributed by atoms with Gasteiger partial charge < -0.3 is 25.3 Å². The summed E-state index contributed by atoms with van der Waals surface area (Å²) in [7, 11) is 1.65. The van der Waals surface area contributed by atoms with Gasteiger partial charge in [-0.05, 0) is 12.0 Å². The van der Waals surface area contributed by atoms with Crippen LogP contribution in [0.5, 0.6) is 0 Å². The van der Waals surface area contributed by atoms with Gasteiger partial charge in [0.1, 0.15) is 0 Å². The molecular formula is C16H27N3O3. The Labute approximate surface area is 132 Å². The topological polar surface area (TPSA) is 78.1 Å². The molecule has 0 heterocycles. The Morgan fingerprint density at radius 3 is 2.64 bits per heavy atom. The van der Waals surface area contributed by atoms with Crippen LogP contribution in [0.3, 0.4) is 0 Å². The predicted octanol–water partition coefficient (Wildman–Crippen LogP) is 1.16. The predicted molar refractivity (Wildman–Crippen MR) is 87.9 cm³/mol. The molecule has 0 fully saturated rings. The molecule has 0 saturated carbocycles. The summed E-state index contributed by atoms with van der Waals surface area (Å²) in [6.07, 6.45) is 0.839. The molecule has 3 N–H and O–H groups in total. The zero-order valence-corrected chi connectivity index (χ0v) is 13.3. The van der Waals surface area contributed by atoms with E-state index in [-0.39, 0.29) is 0 Å². The second-order valence-electron chi connectivity index (χ2n) is 4.69. The quantitative estimate of drug-likeness (QED) is 0.344. The number of hydrogen-bond donors (Lipinski definition) is 2. The molecule has 0 aliphatic heterocycles. The normalized spacial score (nSPS) is 11.6. The van der Waals surface area contributed by atoms with Gasteiger partial charge >= 0.3 is 0 Å². The number of methoxy groups -OCH3 is 1. The van der Waals surface area contributed by atoms with Crippen molar-refractivity contribution < 1.29 is 14.2 Å². The molecule has 0 aliphatic carbocycles. The van der Waals surface area contributed by atoms with Crippen molar-refractivity contribution in [3.05, 3.63) is 35.9 Å². The van der Waals surface area contributed by atoms with Crippen molar-refractivity contribution in [2.75, 3.05) is 46.6 Å². The highest BCUT2D eigenvalue weighted by Crippen LogP contribution is 2.00. The molecule has 6 nitrogen and oxygen atoms in total. The molecule has 1 rings (SSSR count). The standard InChI is InChI=1S/C16H27N3O3/c1-20-11-9-19-16(17)18-8-5-10-21-12-13-22-14-15-6-3-2-4-7-15/h2-4,6-7H,5,8-14H2,1H3,(H3,17,18,19). The lowest BCUT2D eigenvalue weighted by atomic mass is 10.2. The molecule has 0 spiro atoms. The smallest absolute Gasteiger partial charge is 0.188 e. The fraction of sp³-hybridized carbons (Fsp3) is 0.562. The largest absolute Gasteiger partial charge is 0.383 e. The third-order valence-corrected chi connectivity index (χ3v) is 2.82. The van der Waals surface area contributed by atoms with Crippen LogP contribution in [0.4, 0.5) is 0 Å². The lowest BCUT2D eigenvalue weighted by Gasteiger charge is -2.06. The first-order valence-electron chi connectivity index (χ1n) is 7.55. The molecule has 0 radical (unpaired) electrons. The molecule has 0 aromatic heterocycles. The van der Waals surface area contributed by atoms with Crippen LogP contribution in [0.15, 0.2) is 35.3 Å². The second kappa shape index (κ2) is 13.1. The molecule has 6 heteroatoms. The number of benzene rings is 1. The van der Waals surface area contributed by atoms with Crippen molar-refractivity contribution in [1.82, 2.24) is 5.32 Å². The molecule has 1 aromatic rings. The zero-order chi connectivity index (χ0) is 15.9. The van der Waals surface area contributed by atoms with Gasteiger partial charge in [0, 0.05) is 26.8 Å². The number of nitrogens with two attached hydrogens (primary N) is 1. The van der Waals surface area contributed by atoms with Crippen molar-refractivity contribution >= 4 is 5.96 Å². The molecular weight excluding hydrogens is 282 g/mol. The fourth-order valence-corrected chi connectivity index (χ4v) is 1.69.